The molecule has 0 aromatic carbocycles. The van der Waals surface area contributed by atoms with E-state index >= 15 is 0 Å². The Balaban J connectivity index is 2.43. The van der Waals surface area contributed by atoms with Crippen LogP contribution in [-0.2, 0) is 9.59 Å². The van der Waals surface area contributed by atoms with Gasteiger partial charge in [0.05, 0.1) is 0 Å². The van der Waals surface area contributed by atoms with E-state index in [9.17, 15) is 9.59 Å². The molecule has 0 radical (unpaired) electrons. The zero-order chi connectivity index (χ0) is 11.3. The number of rotatable bonds is 3. The van der Waals surface area contributed by atoms with Crippen LogP contribution >= 0.6 is 0 Å². The highest BCUT2D eigenvalue weighted by atomic mass is 16.2. The molecule has 1 rings (SSSR count). The second kappa shape index (κ2) is 5.53. The van der Waals surface area contributed by atoms with E-state index in [2.05, 4.69) is 11.9 Å². The fourth-order valence-corrected chi connectivity index (χ4v) is 1.72. The van der Waals surface area contributed by atoms with Crippen LogP contribution in [0, 0.1) is 0 Å². The predicted molar refractivity (Wildman–Crippen MR) is 58.2 cm³/mol. The summed E-state index contributed by atoms with van der Waals surface area (Å²) >= 11 is 0. The second-order valence-corrected chi connectivity index (χ2v) is 3.82. The minimum atomic E-state index is -0.450. The average Bonchev–Trinajstić information content (AvgIpc) is 2.29. The summed E-state index contributed by atoms with van der Waals surface area (Å²) in [4.78, 5) is 24.7. The summed E-state index contributed by atoms with van der Waals surface area (Å²) in [7, 11) is 0. The molecule has 0 aromatic rings. The summed E-state index contributed by atoms with van der Waals surface area (Å²) in [6.45, 7) is 6.68. The third-order valence-electron chi connectivity index (χ3n) is 2.58. The van der Waals surface area contributed by atoms with Gasteiger partial charge in [-0.25, -0.2) is 0 Å². The van der Waals surface area contributed by atoms with Crippen molar-refractivity contribution in [3.8, 4) is 0 Å². The lowest BCUT2D eigenvalue weighted by atomic mass is 10.1. The molecule has 0 aliphatic carbocycles. The van der Waals surface area contributed by atoms with Gasteiger partial charge in [0.2, 0.25) is 11.8 Å². The van der Waals surface area contributed by atoms with Gasteiger partial charge in [-0.2, -0.15) is 0 Å². The van der Waals surface area contributed by atoms with E-state index in [1.165, 1.54) is 12.5 Å². The summed E-state index contributed by atoms with van der Waals surface area (Å²) in [6.07, 6.45) is 4.50. The van der Waals surface area contributed by atoms with Crippen LogP contribution in [0.1, 0.15) is 26.2 Å². The summed E-state index contributed by atoms with van der Waals surface area (Å²) in [5.41, 5.74) is 0. The van der Waals surface area contributed by atoms with Crippen molar-refractivity contribution in [2.75, 3.05) is 13.1 Å². The molecule has 1 saturated heterocycles. The lowest BCUT2D eigenvalue weighted by molar-refractivity contribution is -0.135. The minimum Gasteiger partial charge on any atom is -0.341 e. The molecule has 2 amide bonds. The van der Waals surface area contributed by atoms with E-state index in [1.807, 2.05) is 4.90 Å². The topological polar surface area (TPSA) is 49.4 Å². The van der Waals surface area contributed by atoms with Gasteiger partial charge in [0.15, 0.2) is 0 Å². The van der Waals surface area contributed by atoms with Crippen LogP contribution in [0.5, 0.6) is 0 Å². The summed E-state index contributed by atoms with van der Waals surface area (Å²) in [5.74, 6) is -0.294. The first-order chi connectivity index (χ1) is 7.15. The van der Waals surface area contributed by atoms with E-state index in [4.69, 9.17) is 0 Å². The molecule has 1 aliphatic rings. The van der Waals surface area contributed by atoms with Gasteiger partial charge in [-0.3, -0.25) is 9.59 Å². The fraction of sp³-hybridized carbons (Fsp3) is 0.636. The number of hydrogen-bond acceptors (Lipinski definition) is 2. The zero-order valence-corrected chi connectivity index (χ0v) is 9.16. The fourth-order valence-electron chi connectivity index (χ4n) is 1.72. The maximum Gasteiger partial charge on any atom is 0.244 e. The highest BCUT2D eigenvalue weighted by Crippen LogP contribution is 2.09. The van der Waals surface area contributed by atoms with Crippen LogP contribution in [0.15, 0.2) is 12.7 Å². The molecule has 1 N–H and O–H groups in total. The van der Waals surface area contributed by atoms with Gasteiger partial charge in [-0.05, 0) is 32.3 Å². The van der Waals surface area contributed by atoms with Crippen LogP contribution in [0.2, 0.25) is 0 Å². The van der Waals surface area contributed by atoms with Gasteiger partial charge < -0.3 is 10.2 Å². The molecule has 1 aliphatic heterocycles. The Labute approximate surface area is 90.3 Å². The van der Waals surface area contributed by atoms with Crippen LogP contribution in [0.3, 0.4) is 0 Å². The normalized spacial score (nSPS) is 18.1. The standard InChI is InChI=1S/C11H18N2O2/c1-3-10(14)12-9(2)11(15)13-7-5-4-6-8-13/h3,9H,1,4-8H2,2H3,(H,12,14). The van der Waals surface area contributed by atoms with Gasteiger partial charge in [-0.1, -0.05) is 6.58 Å². The molecule has 0 bridgehead atoms. The van der Waals surface area contributed by atoms with Crippen molar-refractivity contribution in [1.82, 2.24) is 10.2 Å². The molecule has 4 heteroatoms. The van der Waals surface area contributed by atoms with E-state index < -0.39 is 6.04 Å². The Morgan fingerprint density at radius 2 is 1.93 bits per heavy atom. The number of hydrogen-bond donors (Lipinski definition) is 1. The van der Waals surface area contributed by atoms with Crippen molar-refractivity contribution in [2.45, 2.75) is 32.2 Å². The van der Waals surface area contributed by atoms with E-state index in [-0.39, 0.29) is 11.8 Å². The largest absolute Gasteiger partial charge is 0.341 e. The maximum absolute atomic E-state index is 11.8. The van der Waals surface area contributed by atoms with Crippen LogP contribution < -0.4 is 5.32 Å². The number of amides is 2. The second-order valence-electron chi connectivity index (χ2n) is 3.82. The average molecular weight is 210 g/mol. The molecule has 1 unspecified atom stereocenters. The van der Waals surface area contributed by atoms with Crippen molar-refractivity contribution in [1.29, 1.82) is 0 Å². The molecule has 1 fully saturated rings. The van der Waals surface area contributed by atoms with Crippen LogP contribution in [0.4, 0.5) is 0 Å². The van der Waals surface area contributed by atoms with Crippen molar-refractivity contribution in [3.05, 3.63) is 12.7 Å². The van der Waals surface area contributed by atoms with E-state index in [0.717, 1.165) is 25.9 Å². The third-order valence-corrected chi connectivity index (χ3v) is 2.58. The molecule has 84 valence electrons. The quantitative estimate of drug-likeness (QED) is 0.697. The van der Waals surface area contributed by atoms with Gasteiger partial charge in [0, 0.05) is 13.1 Å². The van der Waals surface area contributed by atoms with Crippen LogP contribution in [0.25, 0.3) is 0 Å². The van der Waals surface area contributed by atoms with E-state index in [1.54, 1.807) is 6.92 Å². The van der Waals surface area contributed by atoms with Gasteiger partial charge in [0.25, 0.3) is 0 Å². The first-order valence-corrected chi connectivity index (χ1v) is 5.37. The van der Waals surface area contributed by atoms with Crippen molar-refractivity contribution in [3.63, 3.8) is 0 Å². The van der Waals surface area contributed by atoms with Gasteiger partial charge in [-0.15, -0.1) is 0 Å². The molecule has 0 spiro atoms. The van der Waals surface area contributed by atoms with Crippen molar-refractivity contribution < 1.29 is 9.59 Å². The Kier molecular flexibility index (Phi) is 4.34. The van der Waals surface area contributed by atoms with Gasteiger partial charge >= 0.3 is 0 Å². The molecular formula is C11H18N2O2. The predicted octanol–water partition coefficient (Wildman–Crippen LogP) is 0.690. The SMILES string of the molecule is C=CC(=O)NC(C)C(=O)N1CCCCC1. The summed E-state index contributed by atoms with van der Waals surface area (Å²) < 4.78 is 0. The van der Waals surface area contributed by atoms with Crippen molar-refractivity contribution in [2.24, 2.45) is 0 Å². The molecule has 0 saturated carbocycles. The molecular weight excluding hydrogens is 192 g/mol. The lowest BCUT2D eigenvalue weighted by Gasteiger charge is -2.29. The first kappa shape index (κ1) is 11.8. The molecule has 0 aromatic heterocycles. The van der Waals surface area contributed by atoms with Crippen LogP contribution in [-0.4, -0.2) is 35.8 Å². The smallest absolute Gasteiger partial charge is 0.244 e. The molecule has 15 heavy (non-hydrogen) atoms. The maximum atomic E-state index is 11.8. The Morgan fingerprint density at radius 1 is 1.33 bits per heavy atom. The lowest BCUT2D eigenvalue weighted by Crippen LogP contribution is -2.48. The Hall–Kier alpha value is -1.32. The molecule has 1 atom stereocenters. The number of nitrogens with one attached hydrogen (secondary N) is 1. The summed E-state index contributed by atoms with van der Waals surface area (Å²) in [5, 5.41) is 2.58. The first-order valence-electron chi connectivity index (χ1n) is 5.37. The summed E-state index contributed by atoms with van der Waals surface area (Å²) in [6, 6.07) is -0.450. The Bertz CT molecular complexity index is 257. The number of carbonyl (C=O) groups excluding carboxylic acids is 2. The number of likely N-dealkylation sites (tertiary alicyclic amines) is 1. The van der Waals surface area contributed by atoms with Crippen molar-refractivity contribution >= 4 is 11.8 Å². The monoisotopic (exact) mass is 210 g/mol. The van der Waals surface area contributed by atoms with E-state index in [0.29, 0.717) is 0 Å². The number of nitrogens with zero attached hydrogens (tertiary/aromatic N) is 1. The third kappa shape index (κ3) is 3.38. The molecule has 1 heterocycles. The number of piperidine rings is 1. The highest BCUT2D eigenvalue weighted by molar-refractivity contribution is 5.92. The minimum absolute atomic E-state index is 0.00454. The number of carbonyl (C=O) groups is 2. The Morgan fingerprint density at radius 3 is 2.47 bits per heavy atom. The molecule has 4 nitrogen and oxygen atoms in total. The zero-order valence-electron chi connectivity index (χ0n) is 9.16. The highest BCUT2D eigenvalue weighted by Gasteiger charge is 2.22. The van der Waals surface area contributed by atoms with Gasteiger partial charge in [0.1, 0.15) is 6.04 Å².